The molecule has 0 saturated heterocycles. The van der Waals surface area contributed by atoms with Crippen molar-refractivity contribution >= 4 is 5.91 Å². The Balaban J connectivity index is 1.69. The number of nitrogens with one attached hydrogen (secondary N) is 1. The number of carbonyl (C=O) groups is 1. The molecule has 1 fully saturated rings. The van der Waals surface area contributed by atoms with Crippen molar-refractivity contribution in [1.29, 1.82) is 0 Å². The second-order valence-electron chi connectivity index (χ2n) is 7.48. The molecule has 6 heteroatoms. The summed E-state index contributed by atoms with van der Waals surface area (Å²) in [7, 11) is 3.69. The average Bonchev–Trinajstić information content (AvgIpc) is 2.98. The highest BCUT2D eigenvalue weighted by molar-refractivity contribution is 5.79. The summed E-state index contributed by atoms with van der Waals surface area (Å²) in [6.07, 6.45) is 3.28. The van der Waals surface area contributed by atoms with Gasteiger partial charge in [-0.2, -0.15) is 15.4 Å². The highest BCUT2D eigenvalue weighted by Gasteiger charge is 2.60. The van der Waals surface area contributed by atoms with E-state index in [0.717, 1.165) is 30.7 Å². The third-order valence-corrected chi connectivity index (χ3v) is 6.27. The number of hydrogen-bond acceptors (Lipinski definition) is 4. The summed E-state index contributed by atoms with van der Waals surface area (Å²) in [5.74, 6) is 0.248. The van der Waals surface area contributed by atoms with Crippen molar-refractivity contribution in [2.24, 2.45) is 11.3 Å². The lowest BCUT2D eigenvalue weighted by atomic mass is 9.55. The van der Waals surface area contributed by atoms with E-state index in [1.54, 1.807) is 7.11 Å². The summed E-state index contributed by atoms with van der Waals surface area (Å²) in [6.45, 7) is 6.50. The average molecular weight is 306 g/mol. The standard InChI is InChI=1S/C16H26N4O2/c1-15(2)13(9-16(15,3)22-5)20(4)14(21)10-6-7-11-12(8-10)18-19-17-11/h10,13H,6-9H2,1-5H3,(H,17,18,19). The van der Waals surface area contributed by atoms with E-state index in [2.05, 4.69) is 36.2 Å². The summed E-state index contributed by atoms with van der Waals surface area (Å²) in [5, 5.41) is 11.0. The SMILES string of the molecule is COC1(C)CC(N(C)C(=O)C2CCc3n[nH]nc3C2)C1(C)C. The first-order valence-corrected chi connectivity index (χ1v) is 8.00. The van der Waals surface area contributed by atoms with Gasteiger partial charge in [0.25, 0.3) is 0 Å². The van der Waals surface area contributed by atoms with Crippen LogP contribution >= 0.6 is 0 Å². The second-order valence-corrected chi connectivity index (χ2v) is 7.48. The van der Waals surface area contributed by atoms with Crippen LogP contribution in [0.3, 0.4) is 0 Å². The number of hydrogen-bond donors (Lipinski definition) is 1. The molecule has 6 nitrogen and oxygen atoms in total. The van der Waals surface area contributed by atoms with E-state index in [0.29, 0.717) is 6.42 Å². The number of H-pyrrole nitrogens is 1. The third-order valence-electron chi connectivity index (χ3n) is 6.27. The predicted molar refractivity (Wildman–Crippen MR) is 82.3 cm³/mol. The number of aromatic amines is 1. The molecule has 1 N–H and O–H groups in total. The molecule has 3 rings (SSSR count). The minimum Gasteiger partial charge on any atom is -0.378 e. The maximum absolute atomic E-state index is 12.9. The first kappa shape index (κ1) is 15.5. The molecule has 1 amide bonds. The van der Waals surface area contributed by atoms with E-state index in [4.69, 9.17) is 4.74 Å². The lowest BCUT2D eigenvalue weighted by Crippen LogP contribution is -2.69. The van der Waals surface area contributed by atoms with Crippen molar-refractivity contribution in [2.45, 2.75) is 58.1 Å². The van der Waals surface area contributed by atoms with Crippen LogP contribution in [0.4, 0.5) is 0 Å². The lowest BCUT2D eigenvalue weighted by molar-refractivity contribution is -0.208. The monoisotopic (exact) mass is 306 g/mol. The number of carbonyl (C=O) groups excluding carboxylic acids is 1. The number of methoxy groups -OCH3 is 1. The normalized spacial score (nSPS) is 33.0. The minimum atomic E-state index is -0.155. The van der Waals surface area contributed by atoms with E-state index < -0.39 is 0 Å². The molecule has 1 heterocycles. The number of rotatable bonds is 3. The van der Waals surface area contributed by atoms with Gasteiger partial charge < -0.3 is 9.64 Å². The van der Waals surface area contributed by atoms with Gasteiger partial charge >= 0.3 is 0 Å². The maximum atomic E-state index is 12.9. The number of fused-ring (bicyclic) bond motifs is 1. The highest BCUT2D eigenvalue weighted by Crippen LogP contribution is 2.53. The summed E-state index contributed by atoms with van der Waals surface area (Å²) >= 11 is 0. The molecule has 3 unspecified atom stereocenters. The number of aryl methyl sites for hydroxylation is 1. The Morgan fingerprint density at radius 2 is 2.00 bits per heavy atom. The lowest BCUT2D eigenvalue weighted by Gasteiger charge is -2.61. The molecular formula is C16H26N4O2. The van der Waals surface area contributed by atoms with Crippen LogP contribution in [0.15, 0.2) is 0 Å². The topological polar surface area (TPSA) is 71.1 Å². The van der Waals surface area contributed by atoms with Gasteiger partial charge in [0.15, 0.2) is 0 Å². The van der Waals surface area contributed by atoms with Gasteiger partial charge in [0, 0.05) is 38.0 Å². The molecule has 0 radical (unpaired) electrons. The molecule has 0 aliphatic heterocycles. The Kier molecular flexibility index (Phi) is 3.55. The predicted octanol–water partition coefficient (Wildman–Crippen LogP) is 1.57. The van der Waals surface area contributed by atoms with Crippen LogP contribution in [0.25, 0.3) is 0 Å². The van der Waals surface area contributed by atoms with Crippen LogP contribution in [-0.2, 0) is 22.4 Å². The molecule has 3 atom stereocenters. The van der Waals surface area contributed by atoms with E-state index in [-0.39, 0.29) is 28.9 Å². The van der Waals surface area contributed by atoms with Gasteiger partial charge in [0.1, 0.15) is 0 Å². The van der Waals surface area contributed by atoms with Crippen molar-refractivity contribution in [2.75, 3.05) is 14.2 Å². The Morgan fingerprint density at radius 1 is 1.32 bits per heavy atom. The fraction of sp³-hybridized carbons (Fsp3) is 0.812. The maximum Gasteiger partial charge on any atom is 0.226 e. The zero-order valence-corrected chi connectivity index (χ0v) is 14.1. The zero-order valence-electron chi connectivity index (χ0n) is 14.1. The van der Waals surface area contributed by atoms with Gasteiger partial charge in [0.2, 0.25) is 5.91 Å². The Bertz CT molecular complexity index is 582. The number of ether oxygens (including phenoxy) is 1. The summed E-state index contributed by atoms with van der Waals surface area (Å²) in [4.78, 5) is 14.8. The van der Waals surface area contributed by atoms with Crippen molar-refractivity contribution in [1.82, 2.24) is 20.3 Å². The molecule has 2 aliphatic rings. The molecule has 0 aromatic carbocycles. The van der Waals surface area contributed by atoms with Crippen LogP contribution in [0, 0.1) is 11.3 Å². The first-order valence-electron chi connectivity index (χ1n) is 8.00. The van der Waals surface area contributed by atoms with Gasteiger partial charge in [-0.05, 0) is 26.2 Å². The Labute approximate surface area is 131 Å². The number of nitrogens with zero attached hydrogens (tertiary/aromatic N) is 3. The van der Waals surface area contributed by atoms with Crippen LogP contribution in [0.2, 0.25) is 0 Å². The zero-order chi connectivity index (χ0) is 16.1. The largest absolute Gasteiger partial charge is 0.378 e. The number of amides is 1. The molecule has 122 valence electrons. The van der Waals surface area contributed by atoms with Gasteiger partial charge in [-0.25, -0.2) is 0 Å². The van der Waals surface area contributed by atoms with Crippen LogP contribution in [0.5, 0.6) is 0 Å². The van der Waals surface area contributed by atoms with Crippen LogP contribution < -0.4 is 0 Å². The molecule has 2 aliphatic carbocycles. The first-order chi connectivity index (χ1) is 10.3. The second kappa shape index (κ2) is 5.05. The molecule has 22 heavy (non-hydrogen) atoms. The van der Waals surface area contributed by atoms with Gasteiger partial charge in [-0.1, -0.05) is 13.8 Å². The van der Waals surface area contributed by atoms with Crippen molar-refractivity contribution in [3.63, 3.8) is 0 Å². The Morgan fingerprint density at radius 3 is 2.64 bits per heavy atom. The summed E-state index contributed by atoms with van der Waals surface area (Å²) < 4.78 is 5.67. The summed E-state index contributed by atoms with van der Waals surface area (Å²) in [6, 6.07) is 0.226. The molecular weight excluding hydrogens is 280 g/mol. The van der Waals surface area contributed by atoms with Gasteiger partial charge in [-0.3, -0.25) is 4.79 Å². The van der Waals surface area contributed by atoms with Crippen molar-refractivity contribution in [3.8, 4) is 0 Å². The Hall–Kier alpha value is -1.43. The van der Waals surface area contributed by atoms with Crippen molar-refractivity contribution in [3.05, 3.63) is 11.4 Å². The molecule has 0 bridgehead atoms. The van der Waals surface area contributed by atoms with E-state index in [1.807, 2.05) is 11.9 Å². The van der Waals surface area contributed by atoms with E-state index in [1.165, 1.54) is 0 Å². The highest BCUT2D eigenvalue weighted by atomic mass is 16.5. The molecule has 1 saturated carbocycles. The van der Waals surface area contributed by atoms with Crippen LogP contribution in [0.1, 0.15) is 45.0 Å². The number of aromatic nitrogens is 3. The fourth-order valence-corrected chi connectivity index (χ4v) is 4.01. The van der Waals surface area contributed by atoms with Crippen LogP contribution in [-0.4, -0.2) is 52.0 Å². The van der Waals surface area contributed by atoms with Gasteiger partial charge in [-0.15, -0.1) is 0 Å². The quantitative estimate of drug-likeness (QED) is 0.920. The molecule has 1 aromatic rings. The molecule has 1 aromatic heterocycles. The van der Waals surface area contributed by atoms with Crippen molar-refractivity contribution < 1.29 is 9.53 Å². The fourth-order valence-electron chi connectivity index (χ4n) is 4.01. The van der Waals surface area contributed by atoms with E-state index in [9.17, 15) is 4.79 Å². The smallest absolute Gasteiger partial charge is 0.226 e. The summed E-state index contributed by atoms with van der Waals surface area (Å²) in [5.41, 5.74) is 1.77. The van der Waals surface area contributed by atoms with Gasteiger partial charge in [0.05, 0.1) is 17.0 Å². The minimum absolute atomic E-state index is 0.0211. The third kappa shape index (κ3) is 2.07. The molecule has 0 spiro atoms. The van der Waals surface area contributed by atoms with E-state index >= 15 is 0 Å².